The van der Waals surface area contributed by atoms with Gasteiger partial charge in [-0.2, -0.15) is 0 Å². The largest absolute Gasteiger partial charge is 0.379 e. The van der Waals surface area contributed by atoms with Crippen molar-refractivity contribution in [3.8, 4) is 0 Å². The molecule has 1 saturated heterocycles. The van der Waals surface area contributed by atoms with Crippen LogP contribution in [0.25, 0.3) is 0 Å². The second-order valence-corrected chi connectivity index (χ2v) is 6.31. The van der Waals surface area contributed by atoms with Crippen LogP contribution in [-0.4, -0.2) is 38.9 Å². The van der Waals surface area contributed by atoms with E-state index in [1.165, 1.54) is 32.1 Å². The maximum atomic E-state index is 5.46. The van der Waals surface area contributed by atoms with Crippen LogP contribution < -0.4 is 10.6 Å². The third kappa shape index (κ3) is 7.34. The Balaban J connectivity index is 2.01. The van der Waals surface area contributed by atoms with E-state index in [1.807, 2.05) is 0 Å². The lowest BCUT2D eigenvalue weighted by Crippen LogP contribution is -2.43. The standard InChI is InChI=1S/C15H32N2O/c1-4-5-6-8-15(2,3)13-16-9-7-14-12-18-11-10-17-14/h14,16-17H,4-13H2,1-3H3. The Kier molecular flexibility index (Phi) is 7.87. The van der Waals surface area contributed by atoms with E-state index in [1.54, 1.807) is 0 Å². The third-order valence-corrected chi connectivity index (χ3v) is 3.73. The van der Waals surface area contributed by atoms with Gasteiger partial charge in [0, 0.05) is 19.1 Å². The second kappa shape index (κ2) is 8.89. The maximum absolute atomic E-state index is 5.46. The molecule has 3 heteroatoms. The van der Waals surface area contributed by atoms with Gasteiger partial charge < -0.3 is 15.4 Å². The Labute approximate surface area is 113 Å². The van der Waals surface area contributed by atoms with E-state index in [-0.39, 0.29) is 0 Å². The summed E-state index contributed by atoms with van der Waals surface area (Å²) in [5, 5.41) is 7.10. The smallest absolute Gasteiger partial charge is 0.0620 e. The molecule has 0 spiro atoms. The molecule has 0 amide bonds. The van der Waals surface area contributed by atoms with Crippen molar-refractivity contribution in [2.75, 3.05) is 32.8 Å². The Morgan fingerprint density at radius 3 is 2.83 bits per heavy atom. The SMILES string of the molecule is CCCCCC(C)(C)CNCCC1COCCN1. The number of nitrogens with one attached hydrogen (secondary N) is 2. The van der Waals surface area contributed by atoms with Crippen LogP contribution in [0.3, 0.4) is 0 Å². The quantitative estimate of drug-likeness (QED) is 0.622. The fourth-order valence-electron chi connectivity index (χ4n) is 2.45. The Morgan fingerprint density at radius 2 is 2.17 bits per heavy atom. The molecule has 0 saturated carbocycles. The average molecular weight is 256 g/mol. The highest BCUT2D eigenvalue weighted by Gasteiger charge is 2.17. The zero-order valence-corrected chi connectivity index (χ0v) is 12.6. The first-order valence-electron chi connectivity index (χ1n) is 7.66. The van der Waals surface area contributed by atoms with Crippen LogP contribution >= 0.6 is 0 Å². The van der Waals surface area contributed by atoms with Gasteiger partial charge in [0.15, 0.2) is 0 Å². The van der Waals surface area contributed by atoms with Crippen LogP contribution in [0.2, 0.25) is 0 Å². The molecule has 18 heavy (non-hydrogen) atoms. The molecule has 3 nitrogen and oxygen atoms in total. The van der Waals surface area contributed by atoms with Crippen molar-refractivity contribution >= 4 is 0 Å². The van der Waals surface area contributed by atoms with Gasteiger partial charge in [-0.3, -0.25) is 0 Å². The van der Waals surface area contributed by atoms with Gasteiger partial charge in [-0.05, 0) is 24.8 Å². The zero-order valence-electron chi connectivity index (χ0n) is 12.6. The number of rotatable bonds is 9. The molecule has 1 heterocycles. The zero-order chi connectivity index (χ0) is 13.3. The van der Waals surface area contributed by atoms with Crippen LogP contribution in [0, 0.1) is 5.41 Å². The number of ether oxygens (including phenoxy) is 1. The summed E-state index contributed by atoms with van der Waals surface area (Å²) in [6.45, 7) is 12.0. The van der Waals surface area contributed by atoms with Crippen LogP contribution in [0.5, 0.6) is 0 Å². The lowest BCUT2D eigenvalue weighted by atomic mass is 9.87. The monoisotopic (exact) mass is 256 g/mol. The third-order valence-electron chi connectivity index (χ3n) is 3.73. The summed E-state index contributed by atoms with van der Waals surface area (Å²) in [7, 11) is 0. The summed E-state index contributed by atoms with van der Waals surface area (Å²) in [5.74, 6) is 0. The van der Waals surface area contributed by atoms with E-state index < -0.39 is 0 Å². The molecule has 1 aliphatic rings. The molecule has 0 aliphatic carbocycles. The fourth-order valence-corrected chi connectivity index (χ4v) is 2.45. The van der Waals surface area contributed by atoms with Crippen LogP contribution in [0.15, 0.2) is 0 Å². The lowest BCUT2D eigenvalue weighted by molar-refractivity contribution is 0.0740. The Bertz CT molecular complexity index is 201. The number of morpholine rings is 1. The summed E-state index contributed by atoms with van der Waals surface area (Å²) in [6, 6.07) is 0.550. The van der Waals surface area contributed by atoms with Crippen molar-refractivity contribution < 1.29 is 4.74 Å². The van der Waals surface area contributed by atoms with Crippen molar-refractivity contribution in [2.45, 2.75) is 58.9 Å². The molecule has 0 aromatic heterocycles. The van der Waals surface area contributed by atoms with E-state index in [4.69, 9.17) is 4.74 Å². The first kappa shape index (κ1) is 15.9. The van der Waals surface area contributed by atoms with Crippen molar-refractivity contribution in [3.63, 3.8) is 0 Å². The molecule has 108 valence electrons. The molecule has 0 aromatic rings. The fraction of sp³-hybridized carbons (Fsp3) is 1.00. The Hall–Kier alpha value is -0.120. The van der Waals surface area contributed by atoms with Crippen molar-refractivity contribution in [3.05, 3.63) is 0 Å². The highest BCUT2D eigenvalue weighted by Crippen LogP contribution is 2.22. The molecular weight excluding hydrogens is 224 g/mol. The summed E-state index contributed by atoms with van der Waals surface area (Å²) < 4.78 is 5.46. The van der Waals surface area contributed by atoms with E-state index in [0.717, 1.165) is 32.8 Å². The van der Waals surface area contributed by atoms with E-state index >= 15 is 0 Å². The molecule has 0 radical (unpaired) electrons. The van der Waals surface area contributed by atoms with Gasteiger partial charge in [0.05, 0.1) is 13.2 Å². The minimum atomic E-state index is 0.436. The number of hydrogen-bond donors (Lipinski definition) is 2. The molecule has 1 atom stereocenters. The van der Waals surface area contributed by atoms with E-state index in [2.05, 4.69) is 31.4 Å². The van der Waals surface area contributed by atoms with Crippen LogP contribution in [-0.2, 0) is 4.74 Å². The molecule has 0 aromatic carbocycles. The molecule has 1 fully saturated rings. The lowest BCUT2D eigenvalue weighted by Gasteiger charge is -2.27. The average Bonchev–Trinajstić information content (AvgIpc) is 2.36. The molecule has 1 rings (SSSR count). The van der Waals surface area contributed by atoms with Crippen LogP contribution in [0.1, 0.15) is 52.9 Å². The van der Waals surface area contributed by atoms with Gasteiger partial charge in [0.2, 0.25) is 0 Å². The maximum Gasteiger partial charge on any atom is 0.0620 e. The molecule has 1 aliphatic heterocycles. The van der Waals surface area contributed by atoms with Crippen molar-refractivity contribution in [1.82, 2.24) is 10.6 Å². The normalized spacial score (nSPS) is 21.2. The first-order valence-corrected chi connectivity index (χ1v) is 7.66. The van der Waals surface area contributed by atoms with Gasteiger partial charge in [-0.1, -0.05) is 40.0 Å². The second-order valence-electron chi connectivity index (χ2n) is 6.31. The molecule has 2 N–H and O–H groups in total. The molecule has 1 unspecified atom stereocenters. The van der Waals surface area contributed by atoms with Crippen molar-refractivity contribution in [2.24, 2.45) is 5.41 Å². The molecular formula is C15H32N2O. The number of hydrogen-bond acceptors (Lipinski definition) is 3. The first-order chi connectivity index (χ1) is 8.64. The summed E-state index contributed by atoms with van der Waals surface area (Å²) >= 11 is 0. The predicted octanol–water partition coefficient (Wildman–Crippen LogP) is 2.56. The van der Waals surface area contributed by atoms with E-state index in [0.29, 0.717) is 11.5 Å². The van der Waals surface area contributed by atoms with Crippen molar-refractivity contribution in [1.29, 1.82) is 0 Å². The van der Waals surface area contributed by atoms with E-state index in [9.17, 15) is 0 Å². The topological polar surface area (TPSA) is 33.3 Å². The summed E-state index contributed by atoms with van der Waals surface area (Å²) in [6.07, 6.45) is 6.55. The minimum Gasteiger partial charge on any atom is -0.379 e. The Morgan fingerprint density at radius 1 is 1.33 bits per heavy atom. The number of unbranched alkanes of at least 4 members (excludes halogenated alkanes) is 2. The minimum absolute atomic E-state index is 0.436. The summed E-state index contributed by atoms with van der Waals surface area (Å²) in [4.78, 5) is 0. The van der Waals surface area contributed by atoms with Gasteiger partial charge in [-0.25, -0.2) is 0 Å². The van der Waals surface area contributed by atoms with Gasteiger partial charge in [0.1, 0.15) is 0 Å². The molecule has 0 bridgehead atoms. The van der Waals surface area contributed by atoms with Gasteiger partial charge in [0.25, 0.3) is 0 Å². The summed E-state index contributed by atoms with van der Waals surface area (Å²) in [5.41, 5.74) is 0.436. The predicted molar refractivity (Wildman–Crippen MR) is 78.0 cm³/mol. The van der Waals surface area contributed by atoms with Gasteiger partial charge >= 0.3 is 0 Å². The highest BCUT2D eigenvalue weighted by atomic mass is 16.5. The highest BCUT2D eigenvalue weighted by molar-refractivity contribution is 4.74. The van der Waals surface area contributed by atoms with Gasteiger partial charge in [-0.15, -0.1) is 0 Å². The van der Waals surface area contributed by atoms with Crippen LogP contribution in [0.4, 0.5) is 0 Å².